The summed E-state index contributed by atoms with van der Waals surface area (Å²) in [6, 6.07) is 17.8. The SMILES string of the molecule is CCc1ccc(NC(=O)N2CCCC(c3noc(COCc4ccccc4)n3)C2)cc1. The van der Waals surface area contributed by atoms with Crippen LogP contribution >= 0.6 is 0 Å². The van der Waals surface area contributed by atoms with Crippen LogP contribution in [0.1, 0.15) is 48.5 Å². The van der Waals surface area contributed by atoms with Crippen molar-refractivity contribution in [1.82, 2.24) is 15.0 Å². The Morgan fingerprint density at radius 3 is 2.71 bits per heavy atom. The number of rotatable bonds is 7. The van der Waals surface area contributed by atoms with Crippen LogP contribution in [0.5, 0.6) is 0 Å². The van der Waals surface area contributed by atoms with Gasteiger partial charge in [0.15, 0.2) is 5.82 Å². The fraction of sp³-hybridized carbons (Fsp3) is 0.375. The van der Waals surface area contributed by atoms with E-state index >= 15 is 0 Å². The van der Waals surface area contributed by atoms with Gasteiger partial charge in [0.05, 0.1) is 6.61 Å². The van der Waals surface area contributed by atoms with Crippen molar-refractivity contribution in [3.8, 4) is 0 Å². The summed E-state index contributed by atoms with van der Waals surface area (Å²) in [5.74, 6) is 1.17. The molecule has 2 heterocycles. The van der Waals surface area contributed by atoms with Gasteiger partial charge in [-0.3, -0.25) is 0 Å². The Kier molecular flexibility index (Phi) is 6.94. The first-order chi connectivity index (χ1) is 15.2. The zero-order chi connectivity index (χ0) is 21.5. The molecule has 4 rings (SSSR count). The number of urea groups is 1. The number of anilines is 1. The van der Waals surface area contributed by atoms with Gasteiger partial charge in [-0.1, -0.05) is 54.5 Å². The Hall–Kier alpha value is -3.19. The first-order valence-electron chi connectivity index (χ1n) is 10.8. The number of likely N-dealkylation sites (tertiary alicyclic amines) is 1. The second-order valence-electron chi connectivity index (χ2n) is 7.79. The number of aryl methyl sites for hydroxylation is 1. The highest BCUT2D eigenvalue weighted by Crippen LogP contribution is 2.25. The Morgan fingerprint density at radius 1 is 1.13 bits per heavy atom. The molecule has 0 aliphatic carbocycles. The monoisotopic (exact) mass is 420 g/mol. The van der Waals surface area contributed by atoms with Crippen LogP contribution < -0.4 is 5.32 Å². The molecule has 0 spiro atoms. The highest BCUT2D eigenvalue weighted by atomic mass is 16.5. The highest BCUT2D eigenvalue weighted by molar-refractivity contribution is 5.89. The maximum Gasteiger partial charge on any atom is 0.321 e. The molecule has 162 valence electrons. The van der Waals surface area contributed by atoms with Crippen LogP contribution in [-0.4, -0.2) is 34.2 Å². The highest BCUT2D eigenvalue weighted by Gasteiger charge is 2.28. The maximum atomic E-state index is 12.7. The summed E-state index contributed by atoms with van der Waals surface area (Å²) >= 11 is 0. The van der Waals surface area contributed by atoms with E-state index in [9.17, 15) is 4.79 Å². The third-order valence-electron chi connectivity index (χ3n) is 5.51. The van der Waals surface area contributed by atoms with Crippen molar-refractivity contribution in [3.05, 3.63) is 77.4 Å². The Labute approximate surface area is 182 Å². The summed E-state index contributed by atoms with van der Waals surface area (Å²) in [6.45, 7) is 4.17. The Morgan fingerprint density at radius 2 is 1.94 bits per heavy atom. The van der Waals surface area contributed by atoms with Gasteiger partial charge in [0.2, 0.25) is 0 Å². The molecule has 1 aromatic heterocycles. The number of ether oxygens (including phenoxy) is 1. The number of benzene rings is 2. The molecular weight excluding hydrogens is 392 g/mol. The summed E-state index contributed by atoms with van der Waals surface area (Å²) in [6.07, 6.45) is 2.81. The molecule has 1 unspecified atom stereocenters. The molecule has 0 bridgehead atoms. The molecule has 2 amide bonds. The lowest BCUT2D eigenvalue weighted by Gasteiger charge is -2.31. The van der Waals surface area contributed by atoms with Crippen LogP contribution in [0.3, 0.4) is 0 Å². The van der Waals surface area contributed by atoms with Gasteiger partial charge >= 0.3 is 6.03 Å². The van der Waals surface area contributed by atoms with Gasteiger partial charge in [0.1, 0.15) is 6.61 Å². The quantitative estimate of drug-likeness (QED) is 0.596. The average Bonchev–Trinajstić information content (AvgIpc) is 3.29. The molecule has 1 fully saturated rings. The van der Waals surface area contributed by atoms with Crippen molar-refractivity contribution in [3.63, 3.8) is 0 Å². The molecule has 2 aromatic carbocycles. The summed E-state index contributed by atoms with van der Waals surface area (Å²) in [5.41, 5.74) is 3.15. The van der Waals surface area contributed by atoms with E-state index in [1.165, 1.54) is 5.56 Å². The van der Waals surface area contributed by atoms with E-state index in [0.29, 0.717) is 24.9 Å². The fourth-order valence-electron chi connectivity index (χ4n) is 3.72. The topological polar surface area (TPSA) is 80.5 Å². The molecule has 7 heteroatoms. The number of nitrogens with one attached hydrogen (secondary N) is 1. The summed E-state index contributed by atoms with van der Waals surface area (Å²) in [5, 5.41) is 7.12. The number of hydrogen-bond donors (Lipinski definition) is 1. The average molecular weight is 421 g/mol. The molecule has 7 nitrogen and oxygen atoms in total. The van der Waals surface area contributed by atoms with E-state index in [1.807, 2.05) is 59.5 Å². The van der Waals surface area contributed by atoms with Crippen LogP contribution in [-0.2, 0) is 24.4 Å². The number of hydrogen-bond acceptors (Lipinski definition) is 5. The van der Waals surface area contributed by atoms with E-state index in [2.05, 4.69) is 22.4 Å². The zero-order valence-corrected chi connectivity index (χ0v) is 17.8. The number of carbonyl (C=O) groups is 1. The van der Waals surface area contributed by atoms with E-state index in [0.717, 1.165) is 37.1 Å². The molecule has 1 atom stereocenters. The van der Waals surface area contributed by atoms with Gasteiger partial charge < -0.3 is 19.5 Å². The molecule has 31 heavy (non-hydrogen) atoms. The molecule has 1 saturated heterocycles. The van der Waals surface area contributed by atoms with Crippen LogP contribution in [0.25, 0.3) is 0 Å². The first-order valence-corrected chi connectivity index (χ1v) is 10.8. The smallest absolute Gasteiger partial charge is 0.321 e. The second kappa shape index (κ2) is 10.2. The minimum Gasteiger partial charge on any atom is -0.367 e. The molecule has 0 radical (unpaired) electrons. The lowest BCUT2D eigenvalue weighted by molar-refractivity contribution is 0.0850. The molecule has 1 N–H and O–H groups in total. The van der Waals surface area contributed by atoms with Gasteiger partial charge in [0.25, 0.3) is 5.89 Å². The molecular formula is C24H28N4O3. The summed E-state index contributed by atoms with van der Waals surface area (Å²) in [7, 11) is 0. The van der Waals surface area contributed by atoms with Crippen LogP contribution in [0, 0.1) is 0 Å². The number of carbonyl (C=O) groups excluding carboxylic acids is 1. The third kappa shape index (κ3) is 5.70. The van der Waals surface area contributed by atoms with E-state index in [4.69, 9.17) is 9.26 Å². The van der Waals surface area contributed by atoms with Crippen molar-refractivity contribution in [1.29, 1.82) is 0 Å². The van der Waals surface area contributed by atoms with Crippen molar-refractivity contribution >= 4 is 11.7 Å². The zero-order valence-electron chi connectivity index (χ0n) is 17.8. The van der Waals surface area contributed by atoms with Crippen molar-refractivity contribution in [2.75, 3.05) is 18.4 Å². The molecule has 0 saturated carbocycles. The van der Waals surface area contributed by atoms with Crippen LogP contribution in [0.2, 0.25) is 0 Å². The van der Waals surface area contributed by atoms with Crippen LogP contribution in [0.15, 0.2) is 59.1 Å². The predicted molar refractivity (Wildman–Crippen MR) is 118 cm³/mol. The number of amides is 2. The molecule has 1 aliphatic heterocycles. The van der Waals surface area contributed by atoms with Gasteiger partial charge in [-0.25, -0.2) is 4.79 Å². The second-order valence-corrected chi connectivity index (χ2v) is 7.79. The van der Waals surface area contributed by atoms with E-state index in [-0.39, 0.29) is 18.6 Å². The Bertz CT molecular complexity index is 972. The normalized spacial score (nSPS) is 16.3. The van der Waals surface area contributed by atoms with Crippen molar-refractivity contribution < 1.29 is 14.1 Å². The standard InChI is InChI=1S/C24H28N4O3/c1-2-18-10-12-21(13-11-18)25-24(29)28-14-6-9-20(15-28)23-26-22(31-27-23)17-30-16-19-7-4-3-5-8-19/h3-5,7-8,10-13,20H,2,6,9,14-17H2,1H3,(H,25,29). The number of aromatic nitrogens is 2. The molecule has 3 aromatic rings. The third-order valence-corrected chi connectivity index (χ3v) is 5.51. The van der Waals surface area contributed by atoms with Crippen LogP contribution in [0.4, 0.5) is 10.5 Å². The summed E-state index contributed by atoms with van der Waals surface area (Å²) < 4.78 is 11.0. The van der Waals surface area contributed by atoms with Crippen molar-refractivity contribution in [2.24, 2.45) is 0 Å². The first kappa shape index (κ1) is 21.1. The maximum absolute atomic E-state index is 12.7. The van der Waals surface area contributed by atoms with Gasteiger partial charge in [-0.05, 0) is 42.5 Å². The number of nitrogens with zero attached hydrogens (tertiary/aromatic N) is 3. The largest absolute Gasteiger partial charge is 0.367 e. The van der Waals surface area contributed by atoms with Crippen molar-refractivity contribution in [2.45, 2.75) is 45.3 Å². The predicted octanol–water partition coefficient (Wildman–Crippen LogP) is 4.76. The number of piperidine rings is 1. The van der Waals surface area contributed by atoms with E-state index < -0.39 is 0 Å². The summed E-state index contributed by atoms with van der Waals surface area (Å²) in [4.78, 5) is 19.0. The lowest BCUT2D eigenvalue weighted by Crippen LogP contribution is -2.41. The fourth-order valence-corrected chi connectivity index (χ4v) is 3.72. The van der Waals surface area contributed by atoms with Gasteiger partial charge in [-0.2, -0.15) is 4.98 Å². The van der Waals surface area contributed by atoms with Gasteiger partial charge in [-0.15, -0.1) is 0 Å². The Balaban J connectivity index is 1.29. The van der Waals surface area contributed by atoms with E-state index in [1.54, 1.807) is 0 Å². The lowest BCUT2D eigenvalue weighted by atomic mass is 9.97. The minimum atomic E-state index is -0.0936. The van der Waals surface area contributed by atoms with Gasteiger partial charge in [0, 0.05) is 24.7 Å². The minimum absolute atomic E-state index is 0.0635. The molecule has 1 aliphatic rings.